The van der Waals surface area contributed by atoms with Crippen LogP contribution >= 0.6 is 0 Å². The maximum atomic E-state index is 4.69. The number of H-pyrrole nitrogens is 2. The molecule has 4 heterocycles. The summed E-state index contributed by atoms with van der Waals surface area (Å²) in [7, 11) is 0. The number of nitrogens with zero attached hydrogens (tertiary/aromatic N) is 2. The molecule has 5 atom stereocenters. The van der Waals surface area contributed by atoms with E-state index in [9.17, 15) is 0 Å². The minimum absolute atomic E-state index is 0. The van der Waals surface area contributed by atoms with Crippen LogP contribution in [-0.4, -0.2) is 32.5 Å². The lowest BCUT2D eigenvalue weighted by Gasteiger charge is -2.09. The van der Waals surface area contributed by atoms with Gasteiger partial charge in [-0.2, -0.15) is 0 Å². The lowest BCUT2D eigenvalue weighted by molar-refractivity contribution is 0.543. The quantitative estimate of drug-likeness (QED) is 0.187. The van der Waals surface area contributed by atoms with E-state index in [1.807, 2.05) is 12.4 Å². The number of aromatic nitrogens is 4. The van der Waals surface area contributed by atoms with Crippen LogP contribution in [0.3, 0.4) is 0 Å². The van der Waals surface area contributed by atoms with Gasteiger partial charge in [-0.05, 0) is 77.2 Å². The molecular formula is C34H40N6. The van der Waals surface area contributed by atoms with E-state index < -0.39 is 0 Å². The maximum Gasteiger partial charge on any atom is 0.123 e. The first kappa shape index (κ1) is 26.5. The van der Waals surface area contributed by atoms with Gasteiger partial charge in [-0.15, -0.1) is 0 Å². The third-order valence-corrected chi connectivity index (χ3v) is 8.76. The smallest absolute Gasteiger partial charge is 0.123 e. The van der Waals surface area contributed by atoms with Crippen molar-refractivity contribution in [3.63, 3.8) is 0 Å². The summed E-state index contributed by atoms with van der Waals surface area (Å²) in [6.45, 7) is 3.35. The van der Waals surface area contributed by atoms with Gasteiger partial charge in [-0.3, -0.25) is 0 Å². The Labute approximate surface area is 237 Å². The minimum Gasteiger partial charge on any atom is -0.341 e. The predicted octanol–water partition coefficient (Wildman–Crippen LogP) is 7.65. The van der Waals surface area contributed by atoms with Gasteiger partial charge in [0.05, 0.1) is 35.9 Å². The number of rotatable bonds is 5. The summed E-state index contributed by atoms with van der Waals surface area (Å²) in [5.74, 6) is 3.67. The Hall–Kier alpha value is -3.74. The van der Waals surface area contributed by atoms with E-state index in [0.29, 0.717) is 18.0 Å². The second-order valence-corrected chi connectivity index (χ2v) is 11.6. The Morgan fingerprint density at radius 1 is 0.650 bits per heavy atom. The zero-order valence-electron chi connectivity index (χ0n) is 21.5. The van der Waals surface area contributed by atoms with Crippen molar-refractivity contribution in [3.05, 3.63) is 84.7 Å². The minimum atomic E-state index is 0. The highest BCUT2D eigenvalue weighted by Crippen LogP contribution is 2.45. The highest BCUT2D eigenvalue weighted by atomic mass is 15.1. The lowest BCUT2D eigenvalue weighted by Crippen LogP contribution is -2.18. The number of nitrogens with one attached hydrogen (secondary N) is 4. The molecule has 0 spiro atoms. The Balaban J connectivity index is 0.00000145. The molecule has 2 aliphatic heterocycles. The lowest BCUT2D eigenvalue weighted by atomic mass is 9.98. The normalized spacial score (nSPS) is 24.9. The van der Waals surface area contributed by atoms with Gasteiger partial charge in [0, 0.05) is 11.6 Å². The van der Waals surface area contributed by atoms with Gasteiger partial charge in [0.2, 0.25) is 0 Å². The summed E-state index contributed by atoms with van der Waals surface area (Å²) in [6, 6.07) is 23.6. The van der Waals surface area contributed by atoms with Crippen LogP contribution in [0.2, 0.25) is 0 Å². The maximum absolute atomic E-state index is 4.69. The van der Waals surface area contributed by atoms with Gasteiger partial charge in [0.25, 0.3) is 0 Å². The third-order valence-electron chi connectivity index (χ3n) is 8.76. The molecule has 40 heavy (non-hydrogen) atoms. The number of hydrogen-bond donors (Lipinski definition) is 4. The number of benzene rings is 3. The molecule has 3 aliphatic rings. The van der Waals surface area contributed by atoms with Crippen LogP contribution in [0.15, 0.2) is 73.1 Å². The molecule has 206 valence electrons. The molecule has 0 bridgehead atoms. The topological polar surface area (TPSA) is 81.4 Å². The average molecular weight is 533 g/mol. The number of hydrogen-bond acceptors (Lipinski definition) is 4. The fourth-order valence-corrected chi connectivity index (χ4v) is 6.41. The number of fused-ring (bicyclic) bond motifs is 2. The van der Waals surface area contributed by atoms with E-state index in [-0.39, 0.29) is 14.9 Å². The van der Waals surface area contributed by atoms with Crippen LogP contribution < -0.4 is 10.6 Å². The van der Waals surface area contributed by atoms with Crippen molar-refractivity contribution in [1.29, 1.82) is 0 Å². The molecule has 0 amide bonds. The molecule has 6 heteroatoms. The van der Waals surface area contributed by atoms with Crippen molar-refractivity contribution in [1.82, 2.24) is 30.6 Å². The zero-order chi connectivity index (χ0) is 25.2. The number of imidazole rings is 2. The van der Waals surface area contributed by atoms with Crippen molar-refractivity contribution < 1.29 is 0 Å². The van der Waals surface area contributed by atoms with Gasteiger partial charge in [-0.1, -0.05) is 70.3 Å². The summed E-state index contributed by atoms with van der Waals surface area (Å²) in [4.78, 5) is 16.4. The van der Waals surface area contributed by atoms with Gasteiger partial charge in [0.1, 0.15) is 11.6 Å². The Kier molecular flexibility index (Phi) is 6.85. The molecule has 5 aromatic rings. The van der Waals surface area contributed by atoms with Crippen LogP contribution in [0.4, 0.5) is 0 Å². The van der Waals surface area contributed by atoms with E-state index in [1.165, 1.54) is 40.3 Å². The SMILES string of the molecule is C.C.CC1CN[C@H](c2ncc(-c3ccc(-c4ccc5cc(-c6cnc([C@@H]7CC8CC8N7)[nH]6)ccc5c4)cc3)[nH]2)C1. The fraction of sp³-hybridized carbons (Fsp3) is 0.353. The fourth-order valence-electron chi connectivity index (χ4n) is 6.41. The summed E-state index contributed by atoms with van der Waals surface area (Å²) >= 11 is 0. The molecule has 6 nitrogen and oxygen atoms in total. The summed E-state index contributed by atoms with van der Waals surface area (Å²) in [6.07, 6.45) is 7.61. The third kappa shape index (κ3) is 4.76. The van der Waals surface area contributed by atoms with Crippen LogP contribution in [0, 0.1) is 11.8 Å². The van der Waals surface area contributed by atoms with E-state index in [1.54, 1.807) is 0 Å². The molecule has 4 N–H and O–H groups in total. The largest absolute Gasteiger partial charge is 0.341 e. The molecule has 8 rings (SSSR count). The number of aromatic amines is 2. The van der Waals surface area contributed by atoms with Crippen molar-refractivity contribution in [2.45, 2.75) is 59.2 Å². The molecule has 3 fully saturated rings. The molecule has 0 radical (unpaired) electrons. The Bertz CT molecular complexity index is 1620. The first-order valence-corrected chi connectivity index (χ1v) is 13.9. The first-order chi connectivity index (χ1) is 18.7. The summed E-state index contributed by atoms with van der Waals surface area (Å²) in [5, 5.41) is 9.72. The van der Waals surface area contributed by atoms with Gasteiger partial charge in [0.15, 0.2) is 0 Å². The second kappa shape index (κ2) is 10.3. The molecule has 1 saturated carbocycles. The Morgan fingerprint density at radius 3 is 1.90 bits per heavy atom. The first-order valence-electron chi connectivity index (χ1n) is 13.9. The molecule has 3 unspecified atom stereocenters. The average Bonchev–Trinajstić information content (AvgIpc) is 3.52. The second-order valence-electron chi connectivity index (χ2n) is 11.6. The highest BCUT2D eigenvalue weighted by Gasteiger charge is 2.46. The van der Waals surface area contributed by atoms with E-state index in [2.05, 4.69) is 98.2 Å². The van der Waals surface area contributed by atoms with Gasteiger partial charge in [-0.25, -0.2) is 9.97 Å². The number of piperidine rings is 1. The Morgan fingerprint density at radius 2 is 1.25 bits per heavy atom. The van der Waals surface area contributed by atoms with Crippen LogP contribution in [0.5, 0.6) is 0 Å². The van der Waals surface area contributed by atoms with Gasteiger partial charge < -0.3 is 20.6 Å². The van der Waals surface area contributed by atoms with Crippen molar-refractivity contribution in [2.75, 3.05) is 6.54 Å². The van der Waals surface area contributed by atoms with Crippen molar-refractivity contribution in [2.24, 2.45) is 11.8 Å². The summed E-state index contributed by atoms with van der Waals surface area (Å²) in [5.41, 5.74) is 6.93. The predicted molar refractivity (Wildman–Crippen MR) is 165 cm³/mol. The summed E-state index contributed by atoms with van der Waals surface area (Å²) < 4.78 is 0. The van der Waals surface area contributed by atoms with Crippen LogP contribution in [0.1, 0.15) is 64.8 Å². The van der Waals surface area contributed by atoms with Crippen LogP contribution in [0.25, 0.3) is 44.4 Å². The standard InChI is InChI=1S/C32H32N6.2CH4/c1-18-10-27(33-15-18)31-34-16-29(37-31)20-4-2-19(3-5-20)21-6-7-23-12-24(9-8-22(23)11-21)30-17-35-32(38-30)28-14-25-13-26(25)36-28;;/h2-9,11-12,16-18,25-28,33,36H,10,13-15H2,1H3,(H,34,37)(H,35,38);2*1H4/t18?,25?,26?,27-,28-;;/m0../s1. The highest BCUT2D eigenvalue weighted by molar-refractivity contribution is 5.90. The zero-order valence-corrected chi connectivity index (χ0v) is 21.5. The van der Waals surface area contributed by atoms with E-state index in [4.69, 9.17) is 0 Å². The molecule has 1 aliphatic carbocycles. The van der Waals surface area contributed by atoms with Crippen molar-refractivity contribution in [3.8, 4) is 33.6 Å². The molecular weight excluding hydrogens is 492 g/mol. The van der Waals surface area contributed by atoms with E-state index in [0.717, 1.165) is 53.5 Å². The van der Waals surface area contributed by atoms with E-state index >= 15 is 0 Å². The molecule has 3 aromatic carbocycles. The van der Waals surface area contributed by atoms with Crippen molar-refractivity contribution >= 4 is 10.8 Å². The molecule has 2 saturated heterocycles. The van der Waals surface area contributed by atoms with Gasteiger partial charge >= 0.3 is 0 Å². The monoisotopic (exact) mass is 532 g/mol. The van der Waals surface area contributed by atoms with Crippen LogP contribution in [-0.2, 0) is 0 Å². The molecule has 2 aromatic heterocycles.